The predicted octanol–water partition coefficient (Wildman–Crippen LogP) is 2.27. The second-order valence-electron chi connectivity index (χ2n) is 5.85. The van der Waals surface area contributed by atoms with Gasteiger partial charge in [0, 0.05) is 18.7 Å². The van der Waals surface area contributed by atoms with Crippen LogP contribution in [0.3, 0.4) is 0 Å². The maximum atomic E-state index is 12.2. The Morgan fingerprint density at radius 1 is 1.07 bits per heavy atom. The van der Waals surface area contributed by atoms with Gasteiger partial charge in [-0.25, -0.2) is 13.1 Å². The Bertz CT molecular complexity index is 926. The SMILES string of the molecule is O=C(CCCNC(=O)c1ccco1)Nc1ccc(S(=O)(=O)NCC(F)(F)F)cc1. The van der Waals surface area contributed by atoms with Crippen LogP contribution in [0.2, 0.25) is 0 Å². The Balaban J connectivity index is 1.77. The summed E-state index contributed by atoms with van der Waals surface area (Å²) in [7, 11) is -4.31. The summed E-state index contributed by atoms with van der Waals surface area (Å²) in [4.78, 5) is 23.2. The maximum Gasteiger partial charge on any atom is 0.402 e. The van der Waals surface area contributed by atoms with E-state index in [-0.39, 0.29) is 35.2 Å². The standard InChI is InChI=1S/C17H18F3N3O5S/c18-17(19,20)11-22-29(26,27)13-7-5-12(6-8-13)23-15(24)4-1-9-21-16(25)14-3-2-10-28-14/h2-3,5-8,10,22H,1,4,9,11H2,(H,21,25)(H,23,24). The van der Waals surface area contributed by atoms with Gasteiger partial charge in [-0.1, -0.05) is 0 Å². The van der Waals surface area contributed by atoms with Crippen molar-refractivity contribution in [3.05, 3.63) is 48.4 Å². The monoisotopic (exact) mass is 433 g/mol. The molecule has 0 aliphatic heterocycles. The Kier molecular flexibility index (Phi) is 7.40. The van der Waals surface area contributed by atoms with E-state index in [2.05, 4.69) is 10.6 Å². The van der Waals surface area contributed by atoms with Crippen molar-refractivity contribution in [2.45, 2.75) is 23.9 Å². The number of nitrogens with one attached hydrogen (secondary N) is 3. The number of carbonyl (C=O) groups excluding carboxylic acids is 2. The number of amides is 2. The number of hydrogen-bond donors (Lipinski definition) is 3. The molecule has 2 amide bonds. The van der Waals surface area contributed by atoms with E-state index in [1.165, 1.54) is 29.2 Å². The smallest absolute Gasteiger partial charge is 0.402 e. The first-order valence-electron chi connectivity index (χ1n) is 8.35. The summed E-state index contributed by atoms with van der Waals surface area (Å²) in [6.45, 7) is -1.43. The van der Waals surface area contributed by atoms with E-state index in [1.54, 1.807) is 6.07 Å². The average molecular weight is 433 g/mol. The summed E-state index contributed by atoms with van der Waals surface area (Å²) in [6, 6.07) is 7.77. The molecule has 2 aromatic rings. The van der Waals surface area contributed by atoms with Crippen molar-refractivity contribution in [1.82, 2.24) is 10.0 Å². The number of furan rings is 1. The number of rotatable bonds is 9. The Morgan fingerprint density at radius 2 is 1.76 bits per heavy atom. The molecule has 0 fully saturated rings. The summed E-state index contributed by atoms with van der Waals surface area (Å²) < 4.78 is 66.4. The Hall–Kier alpha value is -2.86. The number of anilines is 1. The van der Waals surface area contributed by atoms with Crippen molar-refractivity contribution >= 4 is 27.5 Å². The zero-order valence-electron chi connectivity index (χ0n) is 15.0. The Morgan fingerprint density at radius 3 is 2.34 bits per heavy atom. The fourth-order valence-electron chi connectivity index (χ4n) is 2.15. The number of benzene rings is 1. The van der Waals surface area contributed by atoms with Gasteiger partial charge in [-0.3, -0.25) is 9.59 Å². The summed E-state index contributed by atoms with van der Waals surface area (Å²) in [5, 5.41) is 5.11. The second-order valence-corrected chi connectivity index (χ2v) is 7.62. The molecular weight excluding hydrogens is 415 g/mol. The van der Waals surface area contributed by atoms with Crippen LogP contribution in [0, 0.1) is 0 Å². The molecule has 0 saturated carbocycles. The molecule has 0 radical (unpaired) electrons. The van der Waals surface area contributed by atoms with Crippen LogP contribution in [-0.2, 0) is 14.8 Å². The molecule has 0 aliphatic rings. The lowest BCUT2D eigenvalue weighted by molar-refractivity contribution is -0.121. The molecule has 1 heterocycles. The van der Waals surface area contributed by atoms with Crippen LogP contribution in [0.1, 0.15) is 23.4 Å². The van der Waals surface area contributed by atoms with E-state index in [9.17, 15) is 31.2 Å². The maximum absolute atomic E-state index is 12.2. The lowest BCUT2D eigenvalue weighted by Crippen LogP contribution is -2.33. The molecule has 0 unspecified atom stereocenters. The van der Waals surface area contributed by atoms with Gasteiger partial charge in [0.15, 0.2) is 5.76 Å². The van der Waals surface area contributed by atoms with Crippen molar-refractivity contribution in [3.8, 4) is 0 Å². The van der Waals surface area contributed by atoms with Crippen molar-refractivity contribution in [1.29, 1.82) is 0 Å². The van der Waals surface area contributed by atoms with E-state index in [4.69, 9.17) is 4.42 Å². The minimum atomic E-state index is -4.67. The van der Waals surface area contributed by atoms with Crippen molar-refractivity contribution in [2.24, 2.45) is 0 Å². The van der Waals surface area contributed by atoms with Crippen LogP contribution in [0.15, 0.2) is 52.0 Å². The molecule has 0 atom stereocenters. The molecule has 3 N–H and O–H groups in total. The summed E-state index contributed by atoms with van der Waals surface area (Å²) in [5.41, 5.74) is 0.282. The van der Waals surface area contributed by atoms with Crippen molar-refractivity contribution in [3.63, 3.8) is 0 Å². The van der Waals surface area contributed by atoms with Gasteiger partial charge in [0.05, 0.1) is 11.2 Å². The van der Waals surface area contributed by atoms with Gasteiger partial charge in [-0.2, -0.15) is 13.2 Å². The van der Waals surface area contributed by atoms with Crippen molar-refractivity contribution < 1.29 is 35.6 Å². The minimum absolute atomic E-state index is 0.0889. The number of hydrogen-bond acceptors (Lipinski definition) is 5. The minimum Gasteiger partial charge on any atom is -0.459 e. The summed E-state index contributed by atoms with van der Waals surface area (Å²) >= 11 is 0. The first kappa shape index (κ1) is 22.4. The van der Waals surface area contributed by atoms with E-state index in [0.29, 0.717) is 6.42 Å². The molecule has 0 saturated heterocycles. The first-order chi connectivity index (χ1) is 13.6. The van der Waals surface area contributed by atoms with Crippen LogP contribution < -0.4 is 15.4 Å². The summed E-state index contributed by atoms with van der Waals surface area (Å²) in [5.74, 6) is -0.608. The zero-order chi connectivity index (χ0) is 21.5. The van der Waals surface area contributed by atoms with Gasteiger partial charge < -0.3 is 15.1 Å². The van der Waals surface area contributed by atoms with E-state index in [0.717, 1.165) is 12.1 Å². The molecule has 158 valence electrons. The molecule has 8 nitrogen and oxygen atoms in total. The molecule has 1 aromatic heterocycles. The first-order valence-corrected chi connectivity index (χ1v) is 9.83. The largest absolute Gasteiger partial charge is 0.459 e. The third-order valence-corrected chi connectivity index (χ3v) is 4.94. The summed E-state index contributed by atoms with van der Waals surface area (Å²) in [6.07, 6.45) is -2.86. The van der Waals surface area contributed by atoms with Crippen LogP contribution in [0.4, 0.5) is 18.9 Å². The third kappa shape index (κ3) is 7.58. The topological polar surface area (TPSA) is 118 Å². The number of carbonyl (C=O) groups is 2. The van der Waals surface area contributed by atoms with E-state index >= 15 is 0 Å². The van der Waals surface area contributed by atoms with E-state index in [1.807, 2.05) is 0 Å². The van der Waals surface area contributed by atoms with E-state index < -0.39 is 28.7 Å². The molecule has 0 spiro atoms. The van der Waals surface area contributed by atoms with Crippen molar-refractivity contribution in [2.75, 3.05) is 18.4 Å². The highest BCUT2D eigenvalue weighted by Gasteiger charge is 2.30. The average Bonchev–Trinajstić information content (AvgIpc) is 3.18. The quantitative estimate of drug-likeness (QED) is 0.525. The normalized spacial score (nSPS) is 11.8. The van der Waals surface area contributed by atoms with Gasteiger partial charge in [-0.05, 0) is 42.8 Å². The van der Waals surface area contributed by atoms with Crippen LogP contribution in [-0.4, -0.2) is 39.5 Å². The molecular formula is C17H18F3N3O5S. The Labute approximate surface area is 164 Å². The third-order valence-electron chi connectivity index (χ3n) is 3.52. The fraction of sp³-hybridized carbons (Fsp3) is 0.294. The molecule has 12 heteroatoms. The zero-order valence-corrected chi connectivity index (χ0v) is 15.8. The van der Waals surface area contributed by atoms with Gasteiger partial charge in [-0.15, -0.1) is 0 Å². The van der Waals surface area contributed by atoms with Crippen LogP contribution in [0.25, 0.3) is 0 Å². The predicted molar refractivity (Wildman–Crippen MR) is 96.6 cm³/mol. The highest BCUT2D eigenvalue weighted by Crippen LogP contribution is 2.17. The van der Waals surface area contributed by atoms with Gasteiger partial charge in [0.1, 0.15) is 6.54 Å². The molecule has 2 rings (SSSR count). The lowest BCUT2D eigenvalue weighted by atomic mass is 10.2. The fourth-order valence-corrected chi connectivity index (χ4v) is 3.16. The molecule has 0 bridgehead atoms. The molecule has 0 aliphatic carbocycles. The van der Waals surface area contributed by atoms with Crippen LogP contribution in [0.5, 0.6) is 0 Å². The number of sulfonamides is 1. The van der Waals surface area contributed by atoms with Gasteiger partial charge in [0.2, 0.25) is 15.9 Å². The number of halogens is 3. The van der Waals surface area contributed by atoms with Gasteiger partial charge >= 0.3 is 6.18 Å². The second kappa shape index (κ2) is 9.56. The van der Waals surface area contributed by atoms with Gasteiger partial charge in [0.25, 0.3) is 5.91 Å². The number of alkyl halides is 3. The molecule has 29 heavy (non-hydrogen) atoms. The highest BCUT2D eigenvalue weighted by atomic mass is 32.2. The van der Waals surface area contributed by atoms with Crippen LogP contribution >= 0.6 is 0 Å². The highest BCUT2D eigenvalue weighted by molar-refractivity contribution is 7.89. The molecule has 1 aromatic carbocycles. The lowest BCUT2D eigenvalue weighted by Gasteiger charge is -2.10.